The molecule has 54 heavy (non-hydrogen) atoms. The van der Waals surface area contributed by atoms with Crippen molar-refractivity contribution in [1.29, 1.82) is 0 Å². The Kier molecular flexibility index (Phi) is 11.9. The lowest BCUT2D eigenvalue weighted by Gasteiger charge is -2.59. The summed E-state index contributed by atoms with van der Waals surface area (Å²) in [5, 5.41) is 10.5. The Bertz CT molecular complexity index is 1840. The molecule has 0 radical (unpaired) electrons. The van der Waals surface area contributed by atoms with E-state index in [1.807, 2.05) is 59.5 Å². The van der Waals surface area contributed by atoms with E-state index in [0.29, 0.717) is 55.2 Å². The minimum Gasteiger partial charge on any atom is -0.493 e. The molecule has 0 aromatic heterocycles. The third-order valence-electron chi connectivity index (χ3n) is 11.8. The highest BCUT2D eigenvalue weighted by Crippen LogP contribution is 2.59. The number of aliphatic carboxylic acids is 1. The molecule has 2 amide bonds. The van der Waals surface area contributed by atoms with Crippen molar-refractivity contribution in [2.45, 2.75) is 63.6 Å². The summed E-state index contributed by atoms with van der Waals surface area (Å²) in [6.45, 7) is 4.33. The van der Waals surface area contributed by atoms with Gasteiger partial charge in [-0.1, -0.05) is 37.3 Å². The molecule has 290 valence electrons. The number of carboxylic acids is 1. The third-order valence-corrected chi connectivity index (χ3v) is 11.8. The number of benzene rings is 3. The molecule has 4 atom stereocenters. The first-order valence-electron chi connectivity index (χ1n) is 18.8. The van der Waals surface area contributed by atoms with Gasteiger partial charge in [-0.15, -0.1) is 0 Å². The summed E-state index contributed by atoms with van der Waals surface area (Å²) in [5.41, 5.74) is 4.14. The summed E-state index contributed by atoms with van der Waals surface area (Å²) >= 11 is 0. The maximum Gasteiger partial charge on any atom is 0.409 e. The van der Waals surface area contributed by atoms with Gasteiger partial charge in [0.15, 0.2) is 23.0 Å². The molecule has 1 N–H and O–H groups in total. The predicted octanol–water partition coefficient (Wildman–Crippen LogP) is 6.08. The van der Waals surface area contributed by atoms with Gasteiger partial charge < -0.3 is 38.6 Å². The van der Waals surface area contributed by atoms with Crippen LogP contribution in [0.25, 0.3) is 0 Å². The number of methoxy groups -OCH3 is 4. The van der Waals surface area contributed by atoms with Crippen molar-refractivity contribution < 1.29 is 43.2 Å². The quantitative estimate of drug-likeness (QED) is 0.233. The number of carbonyl (C=O) groups is 3. The molecule has 0 bridgehead atoms. The van der Waals surface area contributed by atoms with E-state index in [9.17, 15) is 19.5 Å². The fourth-order valence-electron chi connectivity index (χ4n) is 9.11. The Morgan fingerprint density at radius 2 is 1.50 bits per heavy atom. The first-order chi connectivity index (χ1) is 26.1. The van der Waals surface area contributed by atoms with Gasteiger partial charge in [-0.25, -0.2) is 4.79 Å². The number of likely N-dealkylation sites (N-methyl/N-ethyl adjacent to an activating group) is 1. The van der Waals surface area contributed by atoms with Crippen LogP contribution in [0.2, 0.25) is 0 Å². The summed E-state index contributed by atoms with van der Waals surface area (Å²) in [5.74, 6) is 0.521. The minimum atomic E-state index is -0.900. The molecule has 0 saturated heterocycles. The van der Waals surface area contributed by atoms with Crippen LogP contribution in [0, 0.1) is 11.8 Å². The highest BCUT2D eigenvalue weighted by atomic mass is 16.6. The van der Waals surface area contributed by atoms with E-state index in [2.05, 4.69) is 11.8 Å². The Labute approximate surface area is 317 Å². The molecule has 1 saturated carbocycles. The van der Waals surface area contributed by atoms with Gasteiger partial charge in [-0.05, 0) is 90.7 Å². The number of carbonyl (C=O) groups excluding carboxylic acids is 2. The van der Waals surface area contributed by atoms with Crippen LogP contribution in [-0.2, 0) is 39.3 Å². The van der Waals surface area contributed by atoms with Crippen molar-refractivity contribution >= 4 is 18.0 Å². The average Bonchev–Trinajstić information content (AvgIpc) is 3.20. The molecule has 3 aromatic rings. The van der Waals surface area contributed by atoms with Gasteiger partial charge in [0.2, 0.25) is 5.91 Å². The molecular formula is C42H53N3O9. The number of nitrogens with zero attached hydrogens (tertiary/aromatic N) is 3. The molecular weight excluding hydrogens is 690 g/mol. The lowest BCUT2D eigenvalue weighted by atomic mass is 9.58. The zero-order valence-electron chi connectivity index (χ0n) is 32.3. The number of carboxylic acid groups (broad SMARTS) is 1. The third kappa shape index (κ3) is 7.28. The van der Waals surface area contributed by atoms with Crippen LogP contribution in [0.5, 0.6) is 23.0 Å². The van der Waals surface area contributed by atoms with E-state index in [-0.39, 0.29) is 37.4 Å². The van der Waals surface area contributed by atoms with Gasteiger partial charge in [-0.3, -0.25) is 14.5 Å². The monoisotopic (exact) mass is 743 g/mol. The Balaban J connectivity index is 1.44. The van der Waals surface area contributed by atoms with E-state index in [1.165, 1.54) is 4.90 Å². The van der Waals surface area contributed by atoms with Crippen LogP contribution >= 0.6 is 0 Å². The second-order valence-electron chi connectivity index (χ2n) is 14.4. The number of ether oxygens (including phenoxy) is 5. The summed E-state index contributed by atoms with van der Waals surface area (Å²) in [4.78, 5) is 46.5. The molecule has 3 aromatic carbocycles. The van der Waals surface area contributed by atoms with Crippen LogP contribution in [0.15, 0.2) is 54.6 Å². The maximum atomic E-state index is 14.8. The van der Waals surface area contributed by atoms with Crippen molar-refractivity contribution in [2.24, 2.45) is 11.8 Å². The smallest absolute Gasteiger partial charge is 0.409 e. The minimum absolute atomic E-state index is 0.0696. The topological polar surface area (TPSA) is 127 Å². The average molecular weight is 744 g/mol. The molecule has 1 aliphatic carbocycles. The fraction of sp³-hybridized carbons (Fsp3) is 0.500. The highest BCUT2D eigenvalue weighted by Gasteiger charge is 2.58. The number of hydrogen-bond acceptors (Lipinski definition) is 9. The SMILES string of the molecule is CCN1CCc2cc(OC)c(OC)cc2C1[C@H]1C[C@H](C(=O)O)CC[C@]12c1cc(OC)c(OC)cc1CCN2C(=O)CCN(C)C(=O)OCc1ccccc1. The van der Waals surface area contributed by atoms with Crippen LogP contribution in [-0.4, -0.2) is 99.4 Å². The summed E-state index contributed by atoms with van der Waals surface area (Å²) in [6.07, 6.45) is 2.12. The Hall–Kier alpha value is -4.97. The molecule has 1 spiro atoms. The molecule has 12 heteroatoms. The van der Waals surface area contributed by atoms with Crippen LogP contribution in [0.3, 0.4) is 0 Å². The second-order valence-corrected chi connectivity index (χ2v) is 14.4. The number of hydrogen-bond donors (Lipinski definition) is 1. The van der Waals surface area contributed by atoms with E-state index in [4.69, 9.17) is 23.7 Å². The lowest BCUT2D eigenvalue weighted by Crippen LogP contribution is -2.62. The molecule has 1 unspecified atom stereocenters. The number of fused-ring (bicyclic) bond motifs is 3. The van der Waals surface area contributed by atoms with Crippen LogP contribution in [0.1, 0.15) is 66.5 Å². The van der Waals surface area contributed by atoms with E-state index >= 15 is 0 Å². The number of amides is 2. The lowest BCUT2D eigenvalue weighted by molar-refractivity contribution is -0.155. The first-order valence-corrected chi connectivity index (χ1v) is 18.8. The maximum absolute atomic E-state index is 14.8. The molecule has 1 fully saturated rings. The fourth-order valence-corrected chi connectivity index (χ4v) is 9.11. The van der Waals surface area contributed by atoms with Gasteiger partial charge in [-0.2, -0.15) is 0 Å². The highest BCUT2D eigenvalue weighted by molar-refractivity contribution is 5.79. The van der Waals surface area contributed by atoms with Gasteiger partial charge in [0, 0.05) is 45.1 Å². The van der Waals surface area contributed by atoms with Gasteiger partial charge in [0.25, 0.3) is 0 Å². The standard InChI is InChI=1S/C42H53N3O9/c1-7-44-19-14-28-22-34(50-3)36(52-5)24-31(28)39(44)33-21-30(40(47)48)13-17-42(33)32-25-37(53-6)35(51-4)23-29(32)15-20-45(42)38(46)16-18-43(2)41(49)54-26-27-11-9-8-10-12-27/h8-12,22-25,30,33,39H,7,13-21,26H2,1-6H3,(H,47,48)/t30-,33-,39?,42+/m1/s1. The molecule has 2 aliphatic heterocycles. The van der Waals surface area contributed by atoms with Crippen LogP contribution in [0.4, 0.5) is 4.79 Å². The summed E-state index contributed by atoms with van der Waals surface area (Å²) < 4.78 is 28.7. The van der Waals surface area contributed by atoms with Gasteiger partial charge >= 0.3 is 12.1 Å². The van der Waals surface area contributed by atoms with Gasteiger partial charge in [0.05, 0.1) is 39.9 Å². The van der Waals surface area contributed by atoms with E-state index in [1.54, 1.807) is 35.5 Å². The molecule has 6 rings (SSSR count). The van der Waals surface area contributed by atoms with Crippen molar-refractivity contribution in [3.8, 4) is 23.0 Å². The summed E-state index contributed by atoms with van der Waals surface area (Å²) in [7, 11) is 8.10. The van der Waals surface area contributed by atoms with Crippen molar-refractivity contribution in [2.75, 3.05) is 61.7 Å². The second kappa shape index (κ2) is 16.6. The molecule has 3 aliphatic rings. The van der Waals surface area contributed by atoms with Crippen molar-refractivity contribution in [3.63, 3.8) is 0 Å². The zero-order valence-corrected chi connectivity index (χ0v) is 32.3. The first kappa shape index (κ1) is 38.7. The largest absolute Gasteiger partial charge is 0.493 e. The van der Waals surface area contributed by atoms with E-state index < -0.39 is 23.5 Å². The number of rotatable bonds is 12. The van der Waals surface area contributed by atoms with Crippen LogP contribution < -0.4 is 18.9 Å². The molecule has 2 heterocycles. The van der Waals surface area contributed by atoms with E-state index in [0.717, 1.165) is 47.3 Å². The van der Waals surface area contributed by atoms with Crippen molar-refractivity contribution in [1.82, 2.24) is 14.7 Å². The Morgan fingerprint density at radius 1 is 0.870 bits per heavy atom. The summed E-state index contributed by atoms with van der Waals surface area (Å²) in [6, 6.07) is 17.3. The Morgan fingerprint density at radius 3 is 2.15 bits per heavy atom. The normalized spacial score (nSPS) is 22.1. The predicted molar refractivity (Wildman–Crippen MR) is 202 cm³/mol. The van der Waals surface area contributed by atoms with Crippen molar-refractivity contribution in [3.05, 3.63) is 82.4 Å². The molecule has 12 nitrogen and oxygen atoms in total. The van der Waals surface area contributed by atoms with Gasteiger partial charge in [0.1, 0.15) is 6.61 Å². The zero-order chi connectivity index (χ0) is 38.6.